The average Bonchev–Trinajstić information content (AvgIpc) is 2.98. The molecule has 0 aromatic heterocycles. The van der Waals surface area contributed by atoms with Gasteiger partial charge in [0.15, 0.2) is 0 Å². The van der Waals surface area contributed by atoms with Crippen LogP contribution in [0.3, 0.4) is 0 Å². The number of aliphatic hydroxyl groups excluding tert-OH is 1. The maximum atomic E-state index is 11.2. The van der Waals surface area contributed by atoms with Crippen molar-refractivity contribution < 1.29 is 10.0 Å². The number of rotatable bonds is 5. The third-order valence-corrected chi connectivity index (χ3v) is 3.57. The van der Waals surface area contributed by atoms with E-state index in [-0.39, 0.29) is 17.2 Å². The van der Waals surface area contributed by atoms with Crippen molar-refractivity contribution in [3.05, 3.63) is 33.9 Å². The molecule has 0 saturated carbocycles. The summed E-state index contributed by atoms with van der Waals surface area (Å²) in [5, 5.41) is 29.1. The van der Waals surface area contributed by atoms with Crippen LogP contribution in [0.5, 0.6) is 0 Å². The van der Waals surface area contributed by atoms with Crippen LogP contribution in [0.15, 0.2) is 18.2 Å². The quantitative estimate of drug-likeness (QED) is 0.654. The largest absolute Gasteiger partial charge is 0.395 e. The molecule has 6 nitrogen and oxygen atoms in total. The number of nitrogens with zero attached hydrogens (tertiary/aromatic N) is 3. The van der Waals surface area contributed by atoms with Gasteiger partial charge in [-0.25, -0.2) is 0 Å². The SMILES string of the molecule is N#C[C@@H](CO)Cc1ccc(N2CCCC2)c([N+](=O)[O-])c1. The van der Waals surface area contributed by atoms with Gasteiger partial charge in [-0.05, 0) is 30.9 Å². The fraction of sp³-hybridized carbons (Fsp3) is 0.500. The second kappa shape index (κ2) is 6.35. The summed E-state index contributed by atoms with van der Waals surface area (Å²) in [7, 11) is 0. The average molecular weight is 275 g/mol. The standard InChI is InChI=1S/C14H17N3O3/c15-9-12(10-18)7-11-3-4-13(14(8-11)17(19)20)16-5-1-2-6-16/h3-4,8,12,18H,1-2,5-7,10H2/t12-/m0/s1. The summed E-state index contributed by atoms with van der Waals surface area (Å²) >= 11 is 0. The van der Waals surface area contributed by atoms with E-state index in [4.69, 9.17) is 10.4 Å². The van der Waals surface area contributed by atoms with Crippen molar-refractivity contribution in [3.63, 3.8) is 0 Å². The van der Waals surface area contributed by atoms with Gasteiger partial charge in [-0.1, -0.05) is 6.07 Å². The van der Waals surface area contributed by atoms with E-state index >= 15 is 0 Å². The third kappa shape index (κ3) is 3.06. The summed E-state index contributed by atoms with van der Waals surface area (Å²) in [4.78, 5) is 12.9. The number of nitro benzene ring substituents is 1. The van der Waals surface area contributed by atoms with E-state index < -0.39 is 5.92 Å². The Morgan fingerprint density at radius 1 is 1.45 bits per heavy atom. The summed E-state index contributed by atoms with van der Waals surface area (Å²) < 4.78 is 0. The first-order valence-corrected chi connectivity index (χ1v) is 6.68. The number of benzene rings is 1. The van der Waals surface area contributed by atoms with Crippen LogP contribution in [0.4, 0.5) is 11.4 Å². The van der Waals surface area contributed by atoms with Gasteiger partial charge in [0.25, 0.3) is 5.69 Å². The van der Waals surface area contributed by atoms with E-state index in [1.54, 1.807) is 12.1 Å². The highest BCUT2D eigenvalue weighted by Gasteiger charge is 2.23. The molecule has 1 aliphatic rings. The van der Waals surface area contributed by atoms with Crippen molar-refractivity contribution in [2.75, 3.05) is 24.6 Å². The summed E-state index contributed by atoms with van der Waals surface area (Å²) in [6.45, 7) is 1.45. The topological polar surface area (TPSA) is 90.4 Å². The lowest BCUT2D eigenvalue weighted by Crippen LogP contribution is -2.19. The van der Waals surface area contributed by atoms with E-state index in [1.807, 2.05) is 11.0 Å². The monoisotopic (exact) mass is 275 g/mol. The normalized spacial score (nSPS) is 15.9. The predicted octanol–water partition coefficient (Wildman–Crippen LogP) is 1.87. The summed E-state index contributed by atoms with van der Waals surface area (Å²) in [6, 6.07) is 7.07. The van der Waals surface area contributed by atoms with Crippen molar-refractivity contribution in [2.24, 2.45) is 5.92 Å². The van der Waals surface area contributed by atoms with E-state index in [0.717, 1.165) is 25.9 Å². The highest BCUT2D eigenvalue weighted by atomic mass is 16.6. The number of anilines is 1. The molecule has 1 aromatic carbocycles. The fourth-order valence-corrected chi connectivity index (χ4v) is 2.50. The van der Waals surface area contributed by atoms with Crippen molar-refractivity contribution in [1.82, 2.24) is 0 Å². The van der Waals surface area contributed by atoms with Crippen LogP contribution in [-0.4, -0.2) is 29.7 Å². The Balaban J connectivity index is 2.28. The minimum Gasteiger partial charge on any atom is -0.395 e. The van der Waals surface area contributed by atoms with E-state index in [1.165, 1.54) is 6.07 Å². The Labute approximate surface area is 117 Å². The first-order valence-electron chi connectivity index (χ1n) is 6.68. The van der Waals surface area contributed by atoms with Crippen LogP contribution in [0.1, 0.15) is 18.4 Å². The number of hydrogen-bond donors (Lipinski definition) is 1. The first kappa shape index (κ1) is 14.3. The second-order valence-corrected chi connectivity index (χ2v) is 4.99. The maximum Gasteiger partial charge on any atom is 0.292 e. The van der Waals surface area contributed by atoms with Gasteiger partial charge < -0.3 is 10.0 Å². The molecule has 1 heterocycles. The summed E-state index contributed by atoms with van der Waals surface area (Å²) in [6.07, 6.45) is 2.44. The van der Waals surface area contributed by atoms with E-state index in [0.29, 0.717) is 17.7 Å². The van der Waals surface area contributed by atoms with Gasteiger partial charge in [-0.15, -0.1) is 0 Å². The highest BCUT2D eigenvalue weighted by Crippen LogP contribution is 2.32. The van der Waals surface area contributed by atoms with Gasteiger partial charge in [0.2, 0.25) is 0 Å². The Hall–Kier alpha value is -2.13. The lowest BCUT2D eigenvalue weighted by molar-refractivity contribution is -0.384. The first-order chi connectivity index (χ1) is 9.65. The zero-order valence-corrected chi connectivity index (χ0v) is 11.2. The van der Waals surface area contributed by atoms with Crippen LogP contribution < -0.4 is 4.90 Å². The molecule has 1 aromatic rings. The molecule has 0 bridgehead atoms. The molecule has 1 atom stereocenters. The Morgan fingerprint density at radius 3 is 2.70 bits per heavy atom. The molecule has 6 heteroatoms. The number of hydrogen-bond acceptors (Lipinski definition) is 5. The molecule has 1 N–H and O–H groups in total. The molecule has 0 aliphatic carbocycles. The molecule has 1 aliphatic heterocycles. The molecule has 0 amide bonds. The molecule has 0 spiro atoms. The van der Waals surface area contributed by atoms with Crippen LogP contribution in [0.2, 0.25) is 0 Å². The third-order valence-electron chi connectivity index (χ3n) is 3.57. The molecule has 0 radical (unpaired) electrons. The Kier molecular flexibility index (Phi) is 4.53. The molecule has 0 unspecified atom stereocenters. The highest BCUT2D eigenvalue weighted by molar-refractivity contribution is 5.64. The molecule has 20 heavy (non-hydrogen) atoms. The van der Waals surface area contributed by atoms with Crippen molar-refractivity contribution in [2.45, 2.75) is 19.3 Å². The fourth-order valence-electron chi connectivity index (χ4n) is 2.50. The molecule has 106 valence electrons. The van der Waals surface area contributed by atoms with E-state index in [2.05, 4.69) is 0 Å². The smallest absolute Gasteiger partial charge is 0.292 e. The minimum atomic E-state index is -0.521. The van der Waals surface area contributed by atoms with Gasteiger partial charge in [-0.2, -0.15) is 5.26 Å². The van der Waals surface area contributed by atoms with Gasteiger partial charge >= 0.3 is 0 Å². The number of nitriles is 1. The molecule has 1 saturated heterocycles. The second-order valence-electron chi connectivity index (χ2n) is 4.99. The molecular formula is C14H17N3O3. The summed E-state index contributed by atoms with van der Waals surface area (Å²) in [5.74, 6) is -0.521. The minimum absolute atomic E-state index is 0.0824. The zero-order chi connectivity index (χ0) is 14.5. The van der Waals surface area contributed by atoms with Crippen molar-refractivity contribution in [1.29, 1.82) is 5.26 Å². The van der Waals surface area contributed by atoms with Gasteiger partial charge in [0, 0.05) is 19.2 Å². The Bertz CT molecular complexity index is 533. The van der Waals surface area contributed by atoms with Crippen LogP contribution in [-0.2, 0) is 6.42 Å². The van der Waals surface area contributed by atoms with Crippen LogP contribution in [0.25, 0.3) is 0 Å². The van der Waals surface area contributed by atoms with Gasteiger partial charge in [-0.3, -0.25) is 10.1 Å². The number of nitro groups is 1. The number of aliphatic hydroxyl groups is 1. The molecular weight excluding hydrogens is 258 g/mol. The van der Waals surface area contributed by atoms with Crippen molar-refractivity contribution in [3.8, 4) is 6.07 Å². The van der Waals surface area contributed by atoms with E-state index in [9.17, 15) is 10.1 Å². The molecule has 1 fully saturated rings. The lowest BCUT2D eigenvalue weighted by Gasteiger charge is -2.18. The van der Waals surface area contributed by atoms with Crippen molar-refractivity contribution >= 4 is 11.4 Å². The van der Waals surface area contributed by atoms with Crippen LogP contribution in [0, 0.1) is 27.4 Å². The van der Waals surface area contributed by atoms with Crippen LogP contribution >= 0.6 is 0 Å². The predicted molar refractivity (Wildman–Crippen MR) is 74.4 cm³/mol. The zero-order valence-electron chi connectivity index (χ0n) is 11.2. The Morgan fingerprint density at radius 2 is 2.15 bits per heavy atom. The summed E-state index contributed by atoms with van der Waals surface area (Å²) in [5.41, 5.74) is 1.44. The van der Waals surface area contributed by atoms with Gasteiger partial charge in [0.1, 0.15) is 5.69 Å². The maximum absolute atomic E-state index is 11.2. The molecule has 2 rings (SSSR count). The lowest BCUT2D eigenvalue weighted by atomic mass is 10.0. The van der Waals surface area contributed by atoms with Gasteiger partial charge in [0.05, 0.1) is 23.5 Å².